The number of methoxy groups -OCH3 is 2. The second-order valence-electron chi connectivity index (χ2n) is 5.95. The first kappa shape index (κ1) is 19.0. The van der Waals surface area contributed by atoms with Gasteiger partial charge >= 0.3 is 0 Å². The molecule has 3 rings (SSSR count). The maximum absolute atomic E-state index is 12.4. The molecule has 0 aliphatic heterocycles. The van der Waals surface area contributed by atoms with Gasteiger partial charge in [-0.1, -0.05) is 24.3 Å². The Kier molecular flexibility index (Phi) is 5.96. The van der Waals surface area contributed by atoms with Gasteiger partial charge < -0.3 is 9.47 Å². The van der Waals surface area contributed by atoms with E-state index in [1.807, 2.05) is 31.2 Å². The van der Waals surface area contributed by atoms with E-state index in [-0.39, 0.29) is 5.69 Å². The van der Waals surface area contributed by atoms with Crippen molar-refractivity contribution in [1.82, 2.24) is 15.4 Å². The predicted octanol–water partition coefficient (Wildman–Crippen LogP) is 3.23. The second-order valence-corrected chi connectivity index (χ2v) is 5.95. The molecule has 0 aliphatic carbocycles. The Morgan fingerprint density at radius 2 is 1.79 bits per heavy atom. The summed E-state index contributed by atoms with van der Waals surface area (Å²) in [5.41, 5.74) is 5.98. The number of carbonyl (C=O) groups is 1. The van der Waals surface area contributed by atoms with Crippen molar-refractivity contribution in [1.29, 1.82) is 0 Å². The van der Waals surface area contributed by atoms with Crippen LogP contribution in [0.5, 0.6) is 11.5 Å². The third kappa shape index (κ3) is 4.50. The van der Waals surface area contributed by atoms with E-state index in [4.69, 9.17) is 9.47 Å². The van der Waals surface area contributed by atoms with Crippen LogP contribution >= 0.6 is 0 Å². The van der Waals surface area contributed by atoms with Crippen LogP contribution in [-0.2, 0) is 0 Å². The van der Waals surface area contributed by atoms with Crippen molar-refractivity contribution < 1.29 is 14.3 Å². The lowest BCUT2D eigenvalue weighted by atomic mass is 10.1. The van der Waals surface area contributed by atoms with E-state index >= 15 is 0 Å². The molecule has 0 unspecified atom stereocenters. The Balaban J connectivity index is 1.75. The smallest absolute Gasteiger partial charge is 0.291 e. The molecule has 0 saturated carbocycles. The lowest BCUT2D eigenvalue weighted by Gasteiger charge is -2.06. The van der Waals surface area contributed by atoms with Gasteiger partial charge in [-0.25, -0.2) is 10.4 Å². The van der Waals surface area contributed by atoms with Gasteiger partial charge in [0.15, 0.2) is 0 Å². The molecule has 28 heavy (non-hydrogen) atoms. The number of aryl methyl sites for hydroxylation is 1. The minimum atomic E-state index is -0.450. The zero-order valence-corrected chi connectivity index (χ0v) is 15.8. The first-order valence-corrected chi connectivity index (χ1v) is 8.55. The topological polar surface area (TPSA) is 85.7 Å². The number of hydrogen-bond donors (Lipinski definition) is 1. The third-order valence-electron chi connectivity index (χ3n) is 4.04. The molecule has 7 nitrogen and oxygen atoms in total. The number of hydrazone groups is 1. The molecule has 0 saturated heterocycles. The lowest BCUT2D eigenvalue weighted by Crippen LogP contribution is -2.19. The molecule has 1 aromatic heterocycles. The maximum atomic E-state index is 12.4. The van der Waals surface area contributed by atoms with Gasteiger partial charge in [0.25, 0.3) is 5.91 Å². The summed E-state index contributed by atoms with van der Waals surface area (Å²) >= 11 is 0. The SMILES string of the molecule is COc1cc(/C=N/NC(=O)c2cncc(-c3ccccc3C)n2)cc(OC)c1. The number of rotatable bonds is 6. The highest BCUT2D eigenvalue weighted by Gasteiger charge is 2.10. The zero-order valence-electron chi connectivity index (χ0n) is 15.8. The first-order valence-electron chi connectivity index (χ1n) is 8.55. The Bertz CT molecular complexity index is 996. The molecule has 7 heteroatoms. The summed E-state index contributed by atoms with van der Waals surface area (Å²) in [5.74, 6) is 0.807. The Hall–Kier alpha value is -3.74. The summed E-state index contributed by atoms with van der Waals surface area (Å²) in [6.45, 7) is 1.98. The number of carbonyl (C=O) groups excluding carboxylic acids is 1. The molecule has 1 heterocycles. The van der Waals surface area contributed by atoms with Crippen molar-refractivity contribution >= 4 is 12.1 Å². The summed E-state index contributed by atoms with van der Waals surface area (Å²) in [4.78, 5) is 20.9. The fraction of sp³-hybridized carbons (Fsp3) is 0.143. The predicted molar refractivity (Wildman–Crippen MR) is 107 cm³/mol. The number of amides is 1. The van der Waals surface area contributed by atoms with Crippen molar-refractivity contribution in [3.63, 3.8) is 0 Å². The van der Waals surface area contributed by atoms with E-state index in [9.17, 15) is 4.79 Å². The van der Waals surface area contributed by atoms with Crippen molar-refractivity contribution in [3.8, 4) is 22.8 Å². The highest BCUT2D eigenvalue weighted by Crippen LogP contribution is 2.22. The fourth-order valence-electron chi connectivity index (χ4n) is 2.59. The highest BCUT2D eigenvalue weighted by atomic mass is 16.5. The van der Waals surface area contributed by atoms with Crippen molar-refractivity contribution in [2.45, 2.75) is 6.92 Å². The van der Waals surface area contributed by atoms with Gasteiger partial charge in [0, 0.05) is 17.2 Å². The minimum absolute atomic E-state index is 0.182. The fourth-order valence-corrected chi connectivity index (χ4v) is 2.59. The molecule has 1 amide bonds. The third-order valence-corrected chi connectivity index (χ3v) is 4.04. The normalized spacial score (nSPS) is 10.7. The van der Waals surface area contributed by atoms with E-state index in [1.54, 1.807) is 38.6 Å². The molecule has 3 aromatic rings. The molecule has 0 atom stereocenters. The summed E-state index contributed by atoms with van der Waals surface area (Å²) in [7, 11) is 3.13. The highest BCUT2D eigenvalue weighted by molar-refractivity contribution is 5.93. The van der Waals surface area contributed by atoms with Gasteiger partial charge in [0.1, 0.15) is 17.2 Å². The van der Waals surface area contributed by atoms with E-state index in [0.29, 0.717) is 17.2 Å². The van der Waals surface area contributed by atoms with Gasteiger partial charge in [0.05, 0.1) is 38.5 Å². The standard InChI is InChI=1S/C21H20N4O3/c1-14-6-4-5-7-18(14)19-12-22-13-20(24-19)21(26)25-23-11-15-8-16(27-2)10-17(9-15)28-3/h4-13H,1-3H3,(H,25,26)/b23-11+. The van der Waals surface area contributed by atoms with Gasteiger partial charge in [-0.05, 0) is 24.6 Å². The van der Waals surface area contributed by atoms with Crippen LogP contribution in [-0.4, -0.2) is 36.3 Å². The molecule has 1 N–H and O–H groups in total. The van der Waals surface area contributed by atoms with Crippen LogP contribution in [0.1, 0.15) is 21.6 Å². The molecule has 0 spiro atoms. The van der Waals surface area contributed by atoms with E-state index in [2.05, 4.69) is 20.5 Å². The summed E-state index contributed by atoms with van der Waals surface area (Å²) < 4.78 is 10.4. The van der Waals surface area contributed by atoms with Gasteiger partial charge in [-0.3, -0.25) is 9.78 Å². The monoisotopic (exact) mass is 376 g/mol. The van der Waals surface area contributed by atoms with Crippen LogP contribution in [0, 0.1) is 6.92 Å². The van der Waals surface area contributed by atoms with Crippen molar-refractivity contribution in [3.05, 3.63) is 71.7 Å². The van der Waals surface area contributed by atoms with Crippen LogP contribution in [0.2, 0.25) is 0 Å². The molecule has 0 bridgehead atoms. The Labute approximate surface area is 163 Å². The second kappa shape index (κ2) is 8.77. The number of aromatic nitrogens is 2. The van der Waals surface area contributed by atoms with Crippen LogP contribution in [0.4, 0.5) is 0 Å². The van der Waals surface area contributed by atoms with Gasteiger partial charge in [0.2, 0.25) is 0 Å². The Morgan fingerprint density at radius 1 is 1.07 bits per heavy atom. The van der Waals surface area contributed by atoms with E-state index in [1.165, 1.54) is 12.4 Å². The van der Waals surface area contributed by atoms with Crippen molar-refractivity contribution in [2.75, 3.05) is 14.2 Å². The van der Waals surface area contributed by atoms with E-state index < -0.39 is 5.91 Å². The van der Waals surface area contributed by atoms with Gasteiger partial charge in [-0.15, -0.1) is 0 Å². The van der Waals surface area contributed by atoms with Crippen molar-refractivity contribution in [2.24, 2.45) is 5.10 Å². The maximum Gasteiger partial charge on any atom is 0.291 e. The first-order chi connectivity index (χ1) is 13.6. The summed E-state index contributed by atoms with van der Waals surface area (Å²) in [6, 6.07) is 13.1. The van der Waals surface area contributed by atoms with E-state index in [0.717, 1.165) is 16.7 Å². The van der Waals surface area contributed by atoms with Crippen LogP contribution < -0.4 is 14.9 Å². The van der Waals surface area contributed by atoms with Crippen LogP contribution in [0.3, 0.4) is 0 Å². The molecular formula is C21H20N4O3. The molecule has 142 valence electrons. The molecule has 0 fully saturated rings. The molecule has 2 aromatic carbocycles. The molecule has 0 aliphatic rings. The summed E-state index contributed by atoms with van der Waals surface area (Å²) in [6.07, 6.45) is 4.54. The molecule has 0 radical (unpaired) electrons. The summed E-state index contributed by atoms with van der Waals surface area (Å²) in [5, 5.41) is 3.99. The average molecular weight is 376 g/mol. The Morgan fingerprint density at radius 3 is 2.46 bits per heavy atom. The number of benzene rings is 2. The number of ether oxygens (including phenoxy) is 2. The van der Waals surface area contributed by atoms with Crippen LogP contribution in [0.15, 0.2) is 60.0 Å². The van der Waals surface area contributed by atoms with Crippen LogP contribution in [0.25, 0.3) is 11.3 Å². The minimum Gasteiger partial charge on any atom is -0.497 e. The molecular weight excluding hydrogens is 356 g/mol. The quantitative estimate of drug-likeness (QED) is 0.527. The largest absolute Gasteiger partial charge is 0.497 e. The average Bonchev–Trinajstić information content (AvgIpc) is 2.73. The zero-order chi connectivity index (χ0) is 19.9. The number of hydrogen-bond acceptors (Lipinski definition) is 6. The number of nitrogens with one attached hydrogen (secondary N) is 1. The van der Waals surface area contributed by atoms with Gasteiger partial charge in [-0.2, -0.15) is 5.10 Å². The number of nitrogens with zero attached hydrogens (tertiary/aromatic N) is 3. The lowest BCUT2D eigenvalue weighted by molar-refractivity contribution is 0.0950.